The fraction of sp³-hybridized carbons (Fsp3) is 0.667. The van der Waals surface area contributed by atoms with Crippen molar-refractivity contribution in [1.29, 1.82) is 0 Å². The molecular weight excluding hydrogens is 133 g/mol. The molecular formula is C3H8ClNO3. The fourth-order valence-corrected chi connectivity index (χ4v) is 0.196. The molecule has 0 saturated heterocycles. The van der Waals surface area contributed by atoms with Gasteiger partial charge in [-0.05, 0) is 0 Å². The van der Waals surface area contributed by atoms with Crippen LogP contribution in [0.2, 0.25) is 0 Å². The molecule has 0 heterocycles. The Kier molecular flexibility index (Phi) is 6.41. The zero-order valence-electron chi connectivity index (χ0n) is 4.37. The third kappa shape index (κ3) is 9.19. The quantitative estimate of drug-likeness (QED) is 0.524. The summed E-state index contributed by atoms with van der Waals surface area (Å²) in [5.74, 6) is -1.04. The van der Waals surface area contributed by atoms with Crippen LogP contribution in [0.5, 0.6) is 0 Å². The molecule has 2 N–H and O–H groups in total. The summed E-state index contributed by atoms with van der Waals surface area (Å²) in [7, 11) is 1.27. The lowest BCUT2D eigenvalue weighted by Crippen LogP contribution is -2.21. The van der Waals surface area contributed by atoms with Crippen LogP contribution >= 0.6 is 12.4 Å². The Morgan fingerprint density at radius 2 is 2.12 bits per heavy atom. The van der Waals surface area contributed by atoms with Crippen molar-refractivity contribution >= 4 is 18.4 Å². The van der Waals surface area contributed by atoms with Gasteiger partial charge in [0.15, 0.2) is 0 Å². The Bertz CT molecular complexity index is 74.9. The Morgan fingerprint density at radius 1 is 1.75 bits per heavy atom. The molecule has 0 spiro atoms. The van der Waals surface area contributed by atoms with Gasteiger partial charge in [-0.3, -0.25) is 4.79 Å². The van der Waals surface area contributed by atoms with Crippen molar-refractivity contribution in [3.05, 3.63) is 0 Å². The van der Waals surface area contributed by atoms with Gasteiger partial charge in [0, 0.05) is 7.05 Å². The predicted molar refractivity (Wildman–Crippen MR) is 29.3 cm³/mol. The highest BCUT2D eigenvalue weighted by Crippen LogP contribution is 1.69. The van der Waals surface area contributed by atoms with E-state index >= 15 is 0 Å². The van der Waals surface area contributed by atoms with Gasteiger partial charge in [0.05, 0.1) is 0 Å². The molecule has 0 unspecified atom stereocenters. The lowest BCUT2D eigenvalue weighted by atomic mass is 10.7. The van der Waals surface area contributed by atoms with Crippen LogP contribution < -0.4 is 0 Å². The Morgan fingerprint density at radius 3 is 2.12 bits per heavy atom. The monoisotopic (exact) mass is 141 g/mol. The van der Waals surface area contributed by atoms with Crippen molar-refractivity contribution in [2.24, 2.45) is 0 Å². The smallest absolute Gasteiger partial charge is 0.320 e. The Hall–Kier alpha value is -0.320. The summed E-state index contributed by atoms with van der Waals surface area (Å²) in [6, 6.07) is 0. The second-order valence-corrected chi connectivity index (χ2v) is 1.21. The fourth-order valence-electron chi connectivity index (χ4n) is 0.196. The van der Waals surface area contributed by atoms with Crippen LogP contribution in [0, 0.1) is 0 Å². The van der Waals surface area contributed by atoms with Gasteiger partial charge < -0.3 is 10.3 Å². The van der Waals surface area contributed by atoms with Crippen molar-refractivity contribution in [1.82, 2.24) is 5.06 Å². The second-order valence-electron chi connectivity index (χ2n) is 1.21. The SMILES string of the molecule is CN(O)CC(=O)O.Cl. The maximum absolute atomic E-state index is 9.61. The number of hydrogen-bond donors (Lipinski definition) is 2. The van der Waals surface area contributed by atoms with Crippen molar-refractivity contribution in [2.75, 3.05) is 13.6 Å². The third-order valence-electron chi connectivity index (χ3n) is 0.364. The van der Waals surface area contributed by atoms with Crippen LogP contribution in [0.4, 0.5) is 0 Å². The molecule has 0 radical (unpaired) electrons. The average Bonchev–Trinajstić information content (AvgIpc) is 1.27. The van der Waals surface area contributed by atoms with Crippen LogP contribution in [0.1, 0.15) is 0 Å². The number of nitrogens with zero attached hydrogens (tertiary/aromatic N) is 1. The first kappa shape index (κ1) is 10.6. The van der Waals surface area contributed by atoms with E-state index in [0.29, 0.717) is 5.06 Å². The summed E-state index contributed by atoms with van der Waals surface area (Å²) in [5.41, 5.74) is 0. The molecule has 0 aromatic heterocycles. The second kappa shape index (κ2) is 4.83. The van der Waals surface area contributed by atoms with Crippen molar-refractivity contribution < 1.29 is 15.1 Å². The van der Waals surface area contributed by atoms with Crippen LogP contribution in [0.25, 0.3) is 0 Å². The average molecular weight is 142 g/mol. The van der Waals surface area contributed by atoms with Crippen molar-refractivity contribution in [3.63, 3.8) is 0 Å². The molecule has 50 valence electrons. The number of likely N-dealkylation sites (N-methyl/N-ethyl adjacent to an activating group) is 1. The predicted octanol–water partition coefficient (Wildman–Crippen LogP) is -0.186. The molecule has 0 aliphatic heterocycles. The number of hydroxylamine groups is 2. The number of halogens is 1. The summed E-state index contributed by atoms with van der Waals surface area (Å²) in [4.78, 5) is 9.61. The maximum atomic E-state index is 9.61. The molecule has 0 aromatic rings. The summed E-state index contributed by atoms with van der Waals surface area (Å²) in [6.07, 6.45) is 0. The normalized spacial score (nSPS) is 8.38. The van der Waals surface area contributed by atoms with Gasteiger partial charge in [-0.2, -0.15) is 5.06 Å². The largest absolute Gasteiger partial charge is 0.480 e. The minimum absolute atomic E-state index is 0. The molecule has 8 heavy (non-hydrogen) atoms. The summed E-state index contributed by atoms with van der Waals surface area (Å²) in [5, 5.41) is 16.7. The molecule has 0 rings (SSSR count). The molecule has 0 saturated carbocycles. The number of carboxylic acids is 1. The van der Waals surface area contributed by atoms with Gasteiger partial charge in [-0.15, -0.1) is 12.4 Å². The van der Waals surface area contributed by atoms with E-state index in [1.54, 1.807) is 0 Å². The lowest BCUT2D eigenvalue weighted by molar-refractivity contribution is -0.148. The lowest BCUT2D eigenvalue weighted by Gasteiger charge is -2.00. The summed E-state index contributed by atoms with van der Waals surface area (Å²) in [6.45, 7) is -0.333. The summed E-state index contributed by atoms with van der Waals surface area (Å²) < 4.78 is 0. The number of carboxylic acid groups (broad SMARTS) is 1. The van der Waals surface area contributed by atoms with E-state index < -0.39 is 5.97 Å². The molecule has 0 aliphatic rings. The highest BCUT2D eigenvalue weighted by molar-refractivity contribution is 5.85. The number of aliphatic carboxylic acids is 1. The van der Waals surface area contributed by atoms with Gasteiger partial charge in [0.1, 0.15) is 6.54 Å². The topological polar surface area (TPSA) is 60.8 Å². The minimum atomic E-state index is -1.04. The third-order valence-corrected chi connectivity index (χ3v) is 0.364. The first-order chi connectivity index (χ1) is 3.13. The summed E-state index contributed by atoms with van der Waals surface area (Å²) >= 11 is 0. The van der Waals surface area contributed by atoms with Gasteiger partial charge in [0.2, 0.25) is 0 Å². The number of carbonyl (C=O) groups is 1. The molecule has 0 atom stereocenters. The molecule has 0 aromatic carbocycles. The molecule has 5 heteroatoms. The van der Waals surface area contributed by atoms with E-state index in [-0.39, 0.29) is 19.0 Å². The van der Waals surface area contributed by atoms with E-state index in [4.69, 9.17) is 10.3 Å². The zero-order chi connectivity index (χ0) is 5.86. The van der Waals surface area contributed by atoms with E-state index in [1.165, 1.54) is 7.05 Å². The van der Waals surface area contributed by atoms with Gasteiger partial charge in [0.25, 0.3) is 0 Å². The van der Waals surface area contributed by atoms with E-state index in [1.807, 2.05) is 0 Å². The van der Waals surface area contributed by atoms with Gasteiger partial charge in [-0.1, -0.05) is 0 Å². The van der Waals surface area contributed by atoms with Crippen molar-refractivity contribution in [2.45, 2.75) is 0 Å². The Labute approximate surface area is 53.1 Å². The zero-order valence-corrected chi connectivity index (χ0v) is 5.18. The molecule has 0 amide bonds. The highest BCUT2D eigenvalue weighted by Gasteiger charge is 1.96. The first-order valence-corrected chi connectivity index (χ1v) is 1.74. The van der Waals surface area contributed by atoms with Gasteiger partial charge in [-0.25, -0.2) is 0 Å². The van der Waals surface area contributed by atoms with E-state index in [9.17, 15) is 4.79 Å². The standard InChI is InChI=1S/C3H7NO3.ClH/c1-4(7)2-3(5)6;/h7H,2H2,1H3,(H,5,6);1H. The maximum Gasteiger partial charge on any atom is 0.320 e. The van der Waals surface area contributed by atoms with Crippen LogP contribution in [0.3, 0.4) is 0 Å². The minimum Gasteiger partial charge on any atom is -0.480 e. The van der Waals surface area contributed by atoms with Crippen molar-refractivity contribution in [3.8, 4) is 0 Å². The van der Waals surface area contributed by atoms with Crippen LogP contribution in [0.15, 0.2) is 0 Å². The number of rotatable bonds is 2. The number of hydrogen-bond acceptors (Lipinski definition) is 3. The highest BCUT2D eigenvalue weighted by atomic mass is 35.5. The van der Waals surface area contributed by atoms with Crippen LogP contribution in [-0.4, -0.2) is 34.9 Å². The van der Waals surface area contributed by atoms with E-state index in [2.05, 4.69) is 0 Å². The van der Waals surface area contributed by atoms with E-state index in [0.717, 1.165) is 0 Å². The van der Waals surface area contributed by atoms with Gasteiger partial charge >= 0.3 is 5.97 Å². The Balaban J connectivity index is 0. The molecule has 0 bridgehead atoms. The molecule has 4 nitrogen and oxygen atoms in total. The first-order valence-electron chi connectivity index (χ1n) is 1.74. The van der Waals surface area contributed by atoms with Crippen LogP contribution in [-0.2, 0) is 4.79 Å². The molecule has 0 aliphatic carbocycles. The molecule has 0 fully saturated rings.